The molecular formula is C15H21NO3S. The molecule has 0 bridgehead atoms. The number of benzene rings is 1. The molecule has 0 aliphatic rings. The van der Waals surface area contributed by atoms with Crippen molar-refractivity contribution in [2.75, 3.05) is 5.75 Å². The van der Waals surface area contributed by atoms with Crippen LogP contribution in [0.4, 0.5) is 0 Å². The fraction of sp³-hybridized carbons (Fsp3) is 0.467. The predicted octanol–water partition coefficient (Wildman–Crippen LogP) is 2.85. The number of hydrogen-bond acceptors (Lipinski definition) is 3. The Morgan fingerprint density at radius 3 is 2.50 bits per heavy atom. The molecule has 0 aromatic heterocycles. The lowest BCUT2D eigenvalue weighted by Gasteiger charge is -2.13. The molecule has 0 spiro atoms. The van der Waals surface area contributed by atoms with Crippen LogP contribution in [0.15, 0.2) is 29.2 Å². The van der Waals surface area contributed by atoms with Gasteiger partial charge >= 0.3 is 5.97 Å². The van der Waals surface area contributed by atoms with Crippen molar-refractivity contribution < 1.29 is 14.7 Å². The Morgan fingerprint density at radius 1 is 1.30 bits per heavy atom. The number of carboxylic acid groups (broad SMARTS) is 1. The minimum atomic E-state index is -0.966. The zero-order valence-corrected chi connectivity index (χ0v) is 12.7. The largest absolute Gasteiger partial charge is 0.480 e. The summed E-state index contributed by atoms with van der Waals surface area (Å²) in [7, 11) is 0. The first kappa shape index (κ1) is 16.6. The lowest BCUT2D eigenvalue weighted by molar-refractivity contribution is -0.142. The molecule has 0 saturated carbocycles. The molecule has 0 aliphatic carbocycles. The molecule has 4 nitrogen and oxygen atoms in total. The molecule has 0 fully saturated rings. The van der Waals surface area contributed by atoms with E-state index in [-0.39, 0.29) is 5.91 Å². The van der Waals surface area contributed by atoms with Gasteiger partial charge in [-0.15, -0.1) is 11.8 Å². The second-order valence-electron chi connectivity index (χ2n) is 4.66. The summed E-state index contributed by atoms with van der Waals surface area (Å²) in [6, 6.07) is 7.34. The Bertz CT molecular complexity index is 445. The lowest BCUT2D eigenvalue weighted by atomic mass is 10.1. The van der Waals surface area contributed by atoms with Crippen LogP contribution in [-0.2, 0) is 9.59 Å². The number of carbonyl (C=O) groups excluding carboxylic acids is 1. The van der Waals surface area contributed by atoms with Crippen LogP contribution in [0, 0.1) is 6.92 Å². The smallest absolute Gasteiger partial charge is 0.326 e. The highest BCUT2D eigenvalue weighted by Crippen LogP contribution is 2.18. The van der Waals surface area contributed by atoms with E-state index in [1.165, 1.54) is 5.56 Å². The van der Waals surface area contributed by atoms with E-state index in [1.54, 1.807) is 11.8 Å². The Labute approximate surface area is 124 Å². The van der Waals surface area contributed by atoms with Gasteiger partial charge in [0.2, 0.25) is 5.91 Å². The third kappa shape index (κ3) is 6.10. The first-order chi connectivity index (χ1) is 9.52. The summed E-state index contributed by atoms with van der Waals surface area (Å²) < 4.78 is 0. The van der Waals surface area contributed by atoms with Crippen LogP contribution in [0.5, 0.6) is 0 Å². The number of carbonyl (C=O) groups is 2. The number of rotatable bonds is 8. The van der Waals surface area contributed by atoms with Gasteiger partial charge in [-0.3, -0.25) is 4.79 Å². The summed E-state index contributed by atoms with van der Waals surface area (Å²) in [5, 5.41) is 11.5. The summed E-state index contributed by atoms with van der Waals surface area (Å²) in [6.45, 7) is 3.93. The van der Waals surface area contributed by atoms with Crippen LogP contribution >= 0.6 is 11.8 Å². The maximum atomic E-state index is 11.7. The molecule has 0 unspecified atom stereocenters. The molecule has 2 N–H and O–H groups in total. The van der Waals surface area contributed by atoms with Crippen LogP contribution in [-0.4, -0.2) is 28.8 Å². The second-order valence-corrected chi connectivity index (χ2v) is 5.83. The summed E-state index contributed by atoms with van der Waals surface area (Å²) in [6.07, 6.45) is 1.52. The van der Waals surface area contributed by atoms with Gasteiger partial charge in [0, 0.05) is 17.1 Å². The normalized spacial score (nSPS) is 11.9. The van der Waals surface area contributed by atoms with Gasteiger partial charge in [-0.25, -0.2) is 4.79 Å². The van der Waals surface area contributed by atoms with Crippen LogP contribution < -0.4 is 5.32 Å². The molecule has 0 heterocycles. The van der Waals surface area contributed by atoms with Crippen molar-refractivity contribution in [3.63, 3.8) is 0 Å². The SMILES string of the molecule is CCC[C@@H](NC(=O)CCSc1ccc(C)cc1)C(=O)O. The third-order valence-corrected chi connectivity index (χ3v) is 3.84. The third-order valence-electron chi connectivity index (χ3n) is 2.83. The van der Waals surface area contributed by atoms with Gasteiger partial charge in [0.15, 0.2) is 0 Å². The summed E-state index contributed by atoms with van der Waals surface area (Å²) >= 11 is 1.60. The molecule has 1 rings (SSSR count). The highest BCUT2D eigenvalue weighted by atomic mass is 32.2. The zero-order chi connectivity index (χ0) is 15.0. The minimum Gasteiger partial charge on any atom is -0.480 e. The number of thioether (sulfide) groups is 1. The van der Waals surface area contributed by atoms with Crippen LogP contribution in [0.3, 0.4) is 0 Å². The summed E-state index contributed by atoms with van der Waals surface area (Å²) in [5.74, 6) is -0.523. The molecule has 5 heteroatoms. The molecule has 110 valence electrons. The molecular weight excluding hydrogens is 274 g/mol. The van der Waals surface area contributed by atoms with Gasteiger partial charge in [-0.1, -0.05) is 31.0 Å². The average Bonchev–Trinajstić information content (AvgIpc) is 2.40. The molecule has 1 atom stereocenters. The summed E-state index contributed by atoms with van der Waals surface area (Å²) in [4.78, 5) is 23.7. The van der Waals surface area contributed by atoms with Crippen LogP contribution in [0.1, 0.15) is 31.7 Å². The lowest BCUT2D eigenvalue weighted by Crippen LogP contribution is -2.40. The van der Waals surface area contributed by atoms with Gasteiger partial charge in [-0.2, -0.15) is 0 Å². The fourth-order valence-corrected chi connectivity index (χ4v) is 2.56. The molecule has 20 heavy (non-hydrogen) atoms. The summed E-state index contributed by atoms with van der Waals surface area (Å²) in [5.41, 5.74) is 1.20. The van der Waals surface area contributed by atoms with Crippen molar-refractivity contribution in [1.29, 1.82) is 0 Å². The van der Waals surface area contributed by atoms with Gasteiger partial charge < -0.3 is 10.4 Å². The Balaban J connectivity index is 2.32. The molecule has 0 saturated heterocycles. The number of hydrogen-bond donors (Lipinski definition) is 2. The number of aliphatic carboxylic acids is 1. The fourth-order valence-electron chi connectivity index (χ4n) is 1.71. The van der Waals surface area contributed by atoms with Gasteiger partial charge in [0.1, 0.15) is 6.04 Å². The standard InChI is InChI=1S/C15H21NO3S/c1-3-4-13(15(18)19)16-14(17)9-10-20-12-7-5-11(2)6-8-12/h5-8,13H,3-4,9-10H2,1-2H3,(H,16,17)(H,18,19)/t13-/m1/s1. The van der Waals surface area contributed by atoms with E-state index in [2.05, 4.69) is 5.32 Å². The first-order valence-corrected chi connectivity index (χ1v) is 7.73. The highest BCUT2D eigenvalue weighted by molar-refractivity contribution is 7.99. The van der Waals surface area contributed by atoms with Crippen molar-refractivity contribution in [1.82, 2.24) is 5.32 Å². The Hall–Kier alpha value is -1.49. The van der Waals surface area contributed by atoms with Crippen LogP contribution in [0.2, 0.25) is 0 Å². The van der Waals surface area contributed by atoms with Gasteiger partial charge in [0.05, 0.1) is 0 Å². The molecule has 0 radical (unpaired) electrons. The van der Waals surface area contributed by atoms with Crippen molar-refractivity contribution in [2.45, 2.75) is 44.0 Å². The molecule has 0 aliphatic heterocycles. The van der Waals surface area contributed by atoms with E-state index in [9.17, 15) is 9.59 Å². The van der Waals surface area contributed by atoms with Gasteiger partial charge in [0.25, 0.3) is 0 Å². The monoisotopic (exact) mass is 295 g/mol. The van der Waals surface area contributed by atoms with E-state index in [1.807, 2.05) is 38.1 Å². The van der Waals surface area contributed by atoms with Crippen LogP contribution in [0.25, 0.3) is 0 Å². The maximum Gasteiger partial charge on any atom is 0.326 e. The molecule has 1 amide bonds. The zero-order valence-electron chi connectivity index (χ0n) is 11.9. The van der Waals surface area contributed by atoms with Crippen molar-refractivity contribution in [2.24, 2.45) is 0 Å². The van der Waals surface area contributed by atoms with E-state index in [0.29, 0.717) is 18.6 Å². The number of amides is 1. The molecule has 1 aromatic carbocycles. The molecule has 1 aromatic rings. The Kier molecular flexibility index (Phi) is 7.15. The predicted molar refractivity (Wildman–Crippen MR) is 81.0 cm³/mol. The number of aryl methyl sites for hydroxylation is 1. The van der Waals surface area contributed by atoms with Gasteiger partial charge in [-0.05, 0) is 25.5 Å². The Morgan fingerprint density at radius 2 is 1.95 bits per heavy atom. The van der Waals surface area contributed by atoms with E-state index in [4.69, 9.17) is 5.11 Å². The second kappa shape index (κ2) is 8.64. The highest BCUT2D eigenvalue weighted by Gasteiger charge is 2.18. The van der Waals surface area contributed by atoms with Crippen molar-refractivity contribution >= 4 is 23.6 Å². The maximum absolute atomic E-state index is 11.7. The quantitative estimate of drug-likeness (QED) is 0.724. The van der Waals surface area contributed by atoms with E-state index < -0.39 is 12.0 Å². The first-order valence-electron chi connectivity index (χ1n) is 6.74. The van der Waals surface area contributed by atoms with E-state index >= 15 is 0 Å². The number of nitrogens with one attached hydrogen (secondary N) is 1. The van der Waals surface area contributed by atoms with E-state index in [0.717, 1.165) is 11.3 Å². The topological polar surface area (TPSA) is 66.4 Å². The minimum absolute atomic E-state index is 0.203. The van der Waals surface area contributed by atoms with Crippen molar-refractivity contribution in [3.8, 4) is 0 Å². The van der Waals surface area contributed by atoms with Crippen molar-refractivity contribution in [3.05, 3.63) is 29.8 Å². The number of carboxylic acids is 1. The average molecular weight is 295 g/mol.